The SMILES string of the molecule is CCNC(C)(CO)CCN(C)CC1CCCN1CC. The summed E-state index contributed by atoms with van der Waals surface area (Å²) in [6.07, 6.45) is 3.67. The minimum absolute atomic E-state index is 0.136. The second-order valence-electron chi connectivity index (χ2n) is 6.19. The quantitative estimate of drug-likeness (QED) is 0.660. The first-order valence-electron chi connectivity index (χ1n) is 7.83. The van der Waals surface area contributed by atoms with E-state index in [1.54, 1.807) is 0 Å². The van der Waals surface area contributed by atoms with E-state index in [9.17, 15) is 5.11 Å². The van der Waals surface area contributed by atoms with Crippen LogP contribution in [0.3, 0.4) is 0 Å². The number of hydrogen-bond acceptors (Lipinski definition) is 4. The highest BCUT2D eigenvalue weighted by atomic mass is 16.3. The van der Waals surface area contributed by atoms with Crippen LogP contribution in [0.5, 0.6) is 0 Å². The molecule has 0 spiro atoms. The molecule has 0 aromatic rings. The molecule has 0 aromatic carbocycles. The van der Waals surface area contributed by atoms with E-state index in [0.717, 1.165) is 32.1 Å². The maximum atomic E-state index is 9.50. The lowest BCUT2D eigenvalue weighted by Gasteiger charge is -2.32. The van der Waals surface area contributed by atoms with Crippen molar-refractivity contribution in [3.05, 3.63) is 0 Å². The summed E-state index contributed by atoms with van der Waals surface area (Å²) in [6.45, 7) is 12.2. The number of hydrogen-bond donors (Lipinski definition) is 2. The zero-order chi connectivity index (χ0) is 14.3. The van der Waals surface area contributed by atoms with Crippen molar-refractivity contribution in [3.8, 4) is 0 Å². The van der Waals surface area contributed by atoms with Gasteiger partial charge in [0, 0.05) is 18.1 Å². The van der Waals surface area contributed by atoms with Crippen molar-refractivity contribution in [3.63, 3.8) is 0 Å². The maximum Gasteiger partial charge on any atom is 0.0611 e. The third-order valence-electron chi connectivity index (χ3n) is 4.43. The van der Waals surface area contributed by atoms with E-state index in [4.69, 9.17) is 0 Å². The molecule has 2 atom stereocenters. The first-order chi connectivity index (χ1) is 9.04. The topological polar surface area (TPSA) is 38.7 Å². The molecule has 4 heteroatoms. The highest BCUT2D eigenvalue weighted by Gasteiger charge is 2.26. The van der Waals surface area contributed by atoms with Gasteiger partial charge in [0.1, 0.15) is 0 Å². The van der Waals surface area contributed by atoms with Crippen LogP contribution in [-0.4, -0.2) is 72.9 Å². The normalized spacial score (nSPS) is 24.0. The molecule has 0 bridgehead atoms. The average Bonchev–Trinajstić information content (AvgIpc) is 2.84. The summed E-state index contributed by atoms with van der Waals surface area (Å²) in [5, 5.41) is 12.9. The molecule has 1 aliphatic heterocycles. The second kappa shape index (κ2) is 8.20. The monoisotopic (exact) mass is 271 g/mol. The molecular weight excluding hydrogens is 238 g/mol. The van der Waals surface area contributed by atoms with Crippen LogP contribution in [0.1, 0.15) is 40.0 Å². The van der Waals surface area contributed by atoms with E-state index < -0.39 is 0 Å². The van der Waals surface area contributed by atoms with Gasteiger partial charge in [-0.05, 0) is 59.4 Å². The molecule has 1 rings (SSSR count). The standard InChI is InChI=1S/C15H33N3O/c1-5-16-15(3,13-19)9-11-17(4)12-14-8-7-10-18(14)6-2/h14,16,19H,5-13H2,1-4H3. The molecule has 1 fully saturated rings. The lowest BCUT2D eigenvalue weighted by Crippen LogP contribution is -2.48. The zero-order valence-electron chi connectivity index (χ0n) is 13.3. The Morgan fingerprint density at radius 3 is 2.74 bits per heavy atom. The van der Waals surface area contributed by atoms with Crippen LogP contribution >= 0.6 is 0 Å². The maximum absolute atomic E-state index is 9.50. The van der Waals surface area contributed by atoms with E-state index in [1.165, 1.54) is 25.9 Å². The van der Waals surface area contributed by atoms with E-state index in [0.29, 0.717) is 0 Å². The van der Waals surface area contributed by atoms with Gasteiger partial charge in [-0.1, -0.05) is 13.8 Å². The van der Waals surface area contributed by atoms with Crippen LogP contribution in [0.2, 0.25) is 0 Å². The minimum Gasteiger partial charge on any atom is -0.394 e. The van der Waals surface area contributed by atoms with Gasteiger partial charge in [0.25, 0.3) is 0 Å². The van der Waals surface area contributed by atoms with Crippen LogP contribution in [0.15, 0.2) is 0 Å². The Labute approximate surface area is 119 Å². The average molecular weight is 271 g/mol. The molecule has 2 unspecified atom stereocenters. The molecule has 1 heterocycles. The summed E-state index contributed by atoms with van der Waals surface area (Å²) in [4.78, 5) is 5.01. The van der Waals surface area contributed by atoms with Gasteiger partial charge in [-0.3, -0.25) is 4.90 Å². The lowest BCUT2D eigenvalue weighted by atomic mass is 9.98. The number of nitrogens with zero attached hydrogens (tertiary/aromatic N) is 2. The number of rotatable bonds is 9. The number of likely N-dealkylation sites (tertiary alicyclic amines) is 1. The first-order valence-corrected chi connectivity index (χ1v) is 7.83. The molecule has 0 radical (unpaired) electrons. The van der Waals surface area contributed by atoms with Crippen LogP contribution < -0.4 is 5.32 Å². The molecule has 0 aliphatic carbocycles. The molecule has 0 amide bonds. The van der Waals surface area contributed by atoms with E-state index >= 15 is 0 Å². The number of nitrogens with one attached hydrogen (secondary N) is 1. The fourth-order valence-corrected chi connectivity index (χ4v) is 3.06. The van der Waals surface area contributed by atoms with Crippen molar-refractivity contribution in [2.75, 3.05) is 46.4 Å². The van der Waals surface area contributed by atoms with Gasteiger partial charge in [-0.15, -0.1) is 0 Å². The summed E-state index contributed by atoms with van der Waals surface area (Å²) >= 11 is 0. The second-order valence-corrected chi connectivity index (χ2v) is 6.19. The van der Waals surface area contributed by atoms with Gasteiger partial charge < -0.3 is 15.3 Å². The van der Waals surface area contributed by atoms with Gasteiger partial charge in [0.05, 0.1) is 6.61 Å². The molecule has 0 aromatic heterocycles. The summed E-state index contributed by atoms with van der Waals surface area (Å²) in [5.74, 6) is 0. The molecule has 4 nitrogen and oxygen atoms in total. The predicted molar refractivity (Wildman–Crippen MR) is 81.6 cm³/mol. The van der Waals surface area contributed by atoms with Gasteiger partial charge in [0.15, 0.2) is 0 Å². The van der Waals surface area contributed by atoms with Crippen molar-refractivity contribution in [2.45, 2.75) is 51.6 Å². The summed E-state index contributed by atoms with van der Waals surface area (Å²) in [5.41, 5.74) is -0.136. The molecule has 0 saturated carbocycles. The summed E-state index contributed by atoms with van der Waals surface area (Å²) < 4.78 is 0. The Balaban J connectivity index is 2.32. The van der Waals surface area contributed by atoms with Crippen molar-refractivity contribution >= 4 is 0 Å². The van der Waals surface area contributed by atoms with Gasteiger partial charge >= 0.3 is 0 Å². The third-order valence-corrected chi connectivity index (χ3v) is 4.43. The minimum atomic E-state index is -0.136. The molecule has 1 aliphatic rings. The largest absolute Gasteiger partial charge is 0.394 e. The molecule has 1 saturated heterocycles. The Hall–Kier alpha value is -0.160. The highest BCUT2D eigenvalue weighted by molar-refractivity contribution is 4.84. The Morgan fingerprint density at radius 2 is 2.16 bits per heavy atom. The highest BCUT2D eigenvalue weighted by Crippen LogP contribution is 2.18. The van der Waals surface area contributed by atoms with Crippen LogP contribution in [0, 0.1) is 0 Å². The summed E-state index contributed by atoms with van der Waals surface area (Å²) in [6, 6.07) is 0.731. The lowest BCUT2D eigenvalue weighted by molar-refractivity contribution is 0.142. The smallest absolute Gasteiger partial charge is 0.0611 e. The van der Waals surface area contributed by atoms with Gasteiger partial charge in [-0.2, -0.15) is 0 Å². The molecule has 114 valence electrons. The predicted octanol–water partition coefficient (Wildman–Crippen LogP) is 1.15. The molecular formula is C15H33N3O. The number of aliphatic hydroxyl groups excluding tert-OH is 1. The fraction of sp³-hybridized carbons (Fsp3) is 1.00. The molecule has 2 N–H and O–H groups in total. The third kappa shape index (κ3) is 5.38. The van der Waals surface area contributed by atoms with Crippen LogP contribution in [0.25, 0.3) is 0 Å². The fourth-order valence-electron chi connectivity index (χ4n) is 3.06. The van der Waals surface area contributed by atoms with Crippen molar-refractivity contribution in [1.29, 1.82) is 0 Å². The van der Waals surface area contributed by atoms with Crippen molar-refractivity contribution < 1.29 is 5.11 Å². The van der Waals surface area contributed by atoms with E-state index in [2.05, 4.69) is 42.9 Å². The van der Waals surface area contributed by atoms with Crippen LogP contribution in [0.4, 0.5) is 0 Å². The van der Waals surface area contributed by atoms with Crippen molar-refractivity contribution in [2.24, 2.45) is 0 Å². The Kier molecular flexibility index (Phi) is 7.29. The first kappa shape index (κ1) is 16.9. The Bertz CT molecular complexity index is 250. The van der Waals surface area contributed by atoms with E-state index in [-0.39, 0.29) is 12.1 Å². The Morgan fingerprint density at radius 1 is 1.42 bits per heavy atom. The van der Waals surface area contributed by atoms with E-state index in [1.807, 2.05) is 0 Å². The molecule has 19 heavy (non-hydrogen) atoms. The van der Waals surface area contributed by atoms with Gasteiger partial charge in [0.2, 0.25) is 0 Å². The van der Waals surface area contributed by atoms with Gasteiger partial charge in [-0.25, -0.2) is 0 Å². The van der Waals surface area contributed by atoms with Crippen molar-refractivity contribution in [1.82, 2.24) is 15.1 Å². The van der Waals surface area contributed by atoms with Crippen LogP contribution in [-0.2, 0) is 0 Å². The zero-order valence-corrected chi connectivity index (χ0v) is 13.3. The summed E-state index contributed by atoms with van der Waals surface area (Å²) in [7, 11) is 2.20. The number of aliphatic hydroxyl groups is 1. The number of likely N-dealkylation sites (N-methyl/N-ethyl adjacent to an activating group) is 3.